The average Bonchev–Trinajstić information content (AvgIpc) is 2.82. The highest BCUT2D eigenvalue weighted by atomic mass is 16.1. The lowest BCUT2D eigenvalue weighted by atomic mass is 9.81. The second kappa shape index (κ2) is 9.72. The maximum Gasteiger partial charge on any atom is 0.217 e. The zero-order valence-electron chi connectivity index (χ0n) is 20.6. The molecule has 4 rings (SSSR count). The molecule has 1 N–H and O–H groups in total. The fraction of sp³-hybridized carbons (Fsp3) is 0.310. The summed E-state index contributed by atoms with van der Waals surface area (Å²) < 4.78 is 0. The van der Waals surface area contributed by atoms with Gasteiger partial charge in [-0.25, -0.2) is 4.99 Å². The number of nitrogens with one attached hydrogen (secondary N) is 1. The number of nitrogens with zero attached hydrogens (tertiary/aromatic N) is 3. The number of carbonyl (C=O) groups excluding carboxylic acids is 1. The van der Waals surface area contributed by atoms with Crippen molar-refractivity contribution in [1.82, 2.24) is 15.1 Å². The topological polar surface area (TPSA) is 47.9 Å². The summed E-state index contributed by atoms with van der Waals surface area (Å²) in [7, 11) is 0. The Labute approximate surface area is 203 Å². The molecule has 5 heteroatoms. The van der Waals surface area contributed by atoms with Crippen molar-refractivity contribution in [2.45, 2.75) is 45.7 Å². The minimum absolute atomic E-state index is 0.0447. The van der Waals surface area contributed by atoms with Crippen LogP contribution in [-0.2, 0) is 4.79 Å². The third-order valence-electron chi connectivity index (χ3n) is 6.73. The van der Waals surface area contributed by atoms with Crippen molar-refractivity contribution in [2.75, 3.05) is 13.1 Å². The number of amidine groups is 1. The molecule has 2 aliphatic rings. The van der Waals surface area contributed by atoms with Gasteiger partial charge in [0.15, 0.2) is 0 Å². The van der Waals surface area contributed by atoms with Gasteiger partial charge in [0.25, 0.3) is 0 Å². The highest BCUT2D eigenvalue weighted by Crippen LogP contribution is 2.42. The first-order chi connectivity index (χ1) is 16.3. The number of benzene rings is 2. The first kappa shape index (κ1) is 23.6. The molecule has 0 aromatic heterocycles. The number of aliphatic imine (C=N–C) groups is 1. The SMILES string of the molecule is C=C1N=C(CNC(C)=O)N2C(=C1C)C(=C)N(C(C)C)C[C@@H]2C(c1ccccc1)c1ccccc1. The molecule has 0 saturated carbocycles. The number of carbonyl (C=O) groups is 1. The van der Waals surface area contributed by atoms with Gasteiger partial charge in [-0.05, 0) is 37.5 Å². The molecule has 1 atom stereocenters. The summed E-state index contributed by atoms with van der Waals surface area (Å²) in [6.45, 7) is 17.8. The van der Waals surface area contributed by atoms with Gasteiger partial charge in [-0.2, -0.15) is 0 Å². The fourth-order valence-electron chi connectivity index (χ4n) is 5.04. The van der Waals surface area contributed by atoms with E-state index in [4.69, 9.17) is 4.99 Å². The van der Waals surface area contributed by atoms with Gasteiger partial charge in [-0.15, -0.1) is 0 Å². The Hall–Kier alpha value is -3.60. The predicted molar refractivity (Wildman–Crippen MR) is 139 cm³/mol. The van der Waals surface area contributed by atoms with Crippen LogP contribution in [0, 0.1) is 0 Å². The van der Waals surface area contributed by atoms with Gasteiger partial charge in [-0.1, -0.05) is 73.8 Å². The van der Waals surface area contributed by atoms with Crippen LogP contribution in [-0.4, -0.2) is 46.7 Å². The quantitative estimate of drug-likeness (QED) is 0.664. The van der Waals surface area contributed by atoms with Crippen LogP contribution in [0.2, 0.25) is 0 Å². The molecular weight excluding hydrogens is 420 g/mol. The molecule has 2 aromatic carbocycles. The summed E-state index contributed by atoms with van der Waals surface area (Å²) in [5.41, 5.74) is 6.24. The third-order valence-corrected chi connectivity index (χ3v) is 6.73. The molecule has 1 fully saturated rings. The summed E-state index contributed by atoms with van der Waals surface area (Å²) in [6, 6.07) is 21.6. The van der Waals surface area contributed by atoms with Gasteiger partial charge in [0, 0.05) is 25.4 Å². The second-order valence-electron chi connectivity index (χ2n) is 9.29. The molecule has 2 aliphatic heterocycles. The van der Waals surface area contributed by atoms with E-state index in [1.54, 1.807) is 0 Å². The smallest absolute Gasteiger partial charge is 0.217 e. The zero-order chi connectivity index (χ0) is 24.4. The van der Waals surface area contributed by atoms with Gasteiger partial charge in [0.2, 0.25) is 5.91 Å². The normalized spacial score (nSPS) is 18.4. The Bertz CT molecular complexity index is 1110. The molecule has 0 radical (unpaired) electrons. The Balaban J connectivity index is 1.91. The molecule has 5 nitrogen and oxygen atoms in total. The largest absolute Gasteiger partial charge is 0.366 e. The molecule has 0 bridgehead atoms. The molecule has 0 spiro atoms. The van der Waals surface area contributed by atoms with E-state index in [0.717, 1.165) is 29.3 Å². The highest BCUT2D eigenvalue weighted by Gasteiger charge is 2.43. The van der Waals surface area contributed by atoms with Crippen LogP contribution in [0.5, 0.6) is 0 Å². The number of hydrogen-bond donors (Lipinski definition) is 1. The lowest BCUT2D eigenvalue weighted by Gasteiger charge is -2.52. The van der Waals surface area contributed by atoms with E-state index in [0.29, 0.717) is 12.2 Å². The third kappa shape index (κ3) is 4.43. The van der Waals surface area contributed by atoms with Gasteiger partial charge in [0.05, 0.1) is 29.7 Å². The van der Waals surface area contributed by atoms with Crippen molar-refractivity contribution >= 4 is 11.7 Å². The average molecular weight is 455 g/mol. The van der Waals surface area contributed by atoms with Gasteiger partial charge in [0.1, 0.15) is 5.84 Å². The van der Waals surface area contributed by atoms with E-state index in [1.165, 1.54) is 18.1 Å². The van der Waals surface area contributed by atoms with Crippen molar-refractivity contribution in [2.24, 2.45) is 4.99 Å². The summed E-state index contributed by atoms with van der Waals surface area (Å²) in [6.07, 6.45) is 0. The molecule has 0 aliphatic carbocycles. The second-order valence-corrected chi connectivity index (χ2v) is 9.29. The molecule has 0 unspecified atom stereocenters. The number of allylic oxidation sites excluding steroid dienone is 1. The summed E-state index contributed by atoms with van der Waals surface area (Å²) in [5, 5.41) is 2.95. The maximum absolute atomic E-state index is 11.8. The van der Waals surface area contributed by atoms with E-state index in [-0.39, 0.29) is 23.9 Å². The molecule has 2 aromatic rings. The fourth-order valence-corrected chi connectivity index (χ4v) is 5.04. The zero-order valence-corrected chi connectivity index (χ0v) is 20.6. The van der Waals surface area contributed by atoms with Crippen molar-refractivity contribution < 1.29 is 4.79 Å². The van der Waals surface area contributed by atoms with E-state index >= 15 is 0 Å². The predicted octanol–water partition coefficient (Wildman–Crippen LogP) is 5.06. The Kier molecular flexibility index (Phi) is 6.73. The lowest BCUT2D eigenvalue weighted by Crippen LogP contribution is -2.59. The van der Waals surface area contributed by atoms with Crippen LogP contribution >= 0.6 is 0 Å². The van der Waals surface area contributed by atoms with Gasteiger partial charge in [-0.3, -0.25) is 4.79 Å². The Morgan fingerprint density at radius 2 is 1.62 bits per heavy atom. The Morgan fingerprint density at radius 3 is 2.12 bits per heavy atom. The van der Waals surface area contributed by atoms with Crippen LogP contribution in [0.25, 0.3) is 0 Å². The van der Waals surface area contributed by atoms with Crippen LogP contribution in [0.4, 0.5) is 0 Å². The van der Waals surface area contributed by atoms with Crippen LogP contribution < -0.4 is 5.32 Å². The number of rotatable bonds is 6. The molecule has 34 heavy (non-hydrogen) atoms. The van der Waals surface area contributed by atoms with Crippen molar-refractivity contribution in [1.29, 1.82) is 0 Å². The molecule has 2 heterocycles. The molecule has 176 valence electrons. The minimum Gasteiger partial charge on any atom is -0.366 e. The van der Waals surface area contributed by atoms with E-state index in [2.05, 4.69) is 110 Å². The lowest BCUT2D eigenvalue weighted by molar-refractivity contribution is -0.118. The summed E-state index contributed by atoms with van der Waals surface area (Å²) >= 11 is 0. The first-order valence-electron chi connectivity index (χ1n) is 11.9. The maximum atomic E-state index is 11.8. The molecule has 1 amide bonds. The number of hydrogen-bond acceptors (Lipinski definition) is 4. The van der Waals surface area contributed by atoms with Crippen molar-refractivity contribution in [3.63, 3.8) is 0 Å². The number of amides is 1. The van der Waals surface area contributed by atoms with E-state index in [1.807, 2.05) is 0 Å². The van der Waals surface area contributed by atoms with Crippen molar-refractivity contribution in [3.05, 3.63) is 108 Å². The highest BCUT2D eigenvalue weighted by molar-refractivity contribution is 5.92. The van der Waals surface area contributed by atoms with Gasteiger partial charge >= 0.3 is 0 Å². The van der Waals surface area contributed by atoms with Gasteiger partial charge < -0.3 is 15.1 Å². The summed E-state index contributed by atoms with van der Waals surface area (Å²) in [4.78, 5) is 21.4. The number of piperazine rings is 1. The number of fused-ring (bicyclic) bond motifs is 1. The Morgan fingerprint density at radius 1 is 1.06 bits per heavy atom. The first-order valence-corrected chi connectivity index (χ1v) is 11.9. The molecular formula is C29H34N4O. The van der Waals surface area contributed by atoms with Crippen LogP contribution in [0.3, 0.4) is 0 Å². The minimum atomic E-state index is -0.0833. The standard InChI is InChI=1S/C29H34N4O/c1-19(2)32-18-26(28(24-13-9-7-10-14-24)25-15-11-8-12-16-25)33-27(17-30-23(6)34)31-21(4)20(3)29(33)22(32)5/h7-16,19,26,28H,4-5,17-18H2,1-3,6H3,(H,30,34)/t26-/m1/s1. The molecule has 1 saturated heterocycles. The van der Waals surface area contributed by atoms with E-state index < -0.39 is 0 Å². The monoisotopic (exact) mass is 454 g/mol. The summed E-state index contributed by atoms with van der Waals surface area (Å²) in [5.74, 6) is 0.806. The van der Waals surface area contributed by atoms with Crippen LogP contribution in [0.15, 0.2) is 101 Å². The van der Waals surface area contributed by atoms with Crippen molar-refractivity contribution in [3.8, 4) is 0 Å². The van der Waals surface area contributed by atoms with E-state index in [9.17, 15) is 4.79 Å². The van der Waals surface area contributed by atoms with Crippen LogP contribution in [0.1, 0.15) is 44.7 Å².